The summed E-state index contributed by atoms with van der Waals surface area (Å²) in [5.41, 5.74) is 0. The summed E-state index contributed by atoms with van der Waals surface area (Å²) < 4.78 is 10.1. The molecule has 6 nitrogen and oxygen atoms in total. The smallest absolute Gasteiger partial charge is 0.247 e. The van der Waals surface area contributed by atoms with E-state index in [-0.39, 0.29) is 5.92 Å². The van der Waals surface area contributed by atoms with E-state index in [2.05, 4.69) is 93.2 Å². The van der Waals surface area contributed by atoms with E-state index in [9.17, 15) is 0 Å². The number of hydrogen-bond acceptors (Lipinski definition) is 0. The number of aromatic nitrogens is 6. The Morgan fingerprint density at radius 3 is 1.02 bits per heavy atom. The van der Waals surface area contributed by atoms with Gasteiger partial charge in [0.15, 0.2) is 5.92 Å². The van der Waals surface area contributed by atoms with Gasteiger partial charge < -0.3 is 0 Å². The van der Waals surface area contributed by atoms with Gasteiger partial charge in [-0.3, -0.25) is 0 Å². The molecule has 0 spiro atoms. The summed E-state index contributed by atoms with van der Waals surface area (Å²) in [4.78, 5) is 7.59. The number of aromatic amines is 2. The van der Waals surface area contributed by atoms with Crippen LogP contribution in [0.2, 0.25) is 0 Å². The summed E-state index contributed by atoms with van der Waals surface area (Å²) in [6.45, 7) is 10.2. The summed E-state index contributed by atoms with van der Waals surface area (Å²) in [5, 5.41) is 0. The Balaban J connectivity index is 1.49. The molecular weight excluding hydrogens is 781 g/mol. The molecule has 1 atom stereocenters. The SMILES string of the molecule is CCCCCCCCCCCCCCCCCC[n+]1cc[nH]c1C(Cc1n(CCCCCCCCCCCC)cc[n+]1C)c1[nH]cc[n+]1CCCCCCCCCCCCCCCC. The van der Waals surface area contributed by atoms with Crippen molar-refractivity contribution < 1.29 is 13.7 Å². The maximum absolute atomic E-state index is 3.80. The maximum Gasteiger partial charge on any atom is 0.270 e. The van der Waals surface area contributed by atoms with Crippen LogP contribution in [0.5, 0.6) is 0 Å². The van der Waals surface area contributed by atoms with Gasteiger partial charge in [-0.1, -0.05) is 239 Å². The van der Waals surface area contributed by atoms with E-state index in [1.165, 1.54) is 274 Å². The zero-order valence-corrected chi connectivity index (χ0v) is 43.4. The predicted molar refractivity (Wildman–Crippen MR) is 275 cm³/mol. The van der Waals surface area contributed by atoms with Crippen LogP contribution in [-0.2, 0) is 33.1 Å². The molecule has 3 heterocycles. The molecule has 2 N–H and O–H groups in total. The summed E-state index contributed by atoms with van der Waals surface area (Å²) in [6.07, 6.45) is 70.8. The number of nitrogens with zero attached hydrogens (tertiary/aromatic N) is 4. The normalized spacial score (nSPS) is 12.2. The number of unbranched alkanes of at least 4 members (excludes halogenated alkanes) is 37. The number of H-pyrrole nitrogens is 2. The highest BCUT2D eigenvalue weighted by Gasteiger charge is 2.37. The van der Waals surface area contributed by atoms with Crippen LogP contribution in [0.3, 0.4) is 0 Å². The lowest BCUT2D eigenvalue weighted by Crippen LogP contribution is -2.44. The van der Waals surface area contributed by atoms with Crippen molar-refractivity contribution >= 4 is 0 Å². The summed E-state index contributed by atoms with van der Waals surface area (Å²) in [6, 6.07) is 0. The van der Waals surface area contributed by atoms with Crippen LogP contribution in [0.15, 0.2) is 37.2 Å². The van der Waals surface area contributed by atoms with Crippen molar-refractivity contribution in [3.63, 3.8) is 0 Å². The van der Waals surface area contributed by atoms with Crippen molar-refractivity contribution in [2.45, 2.75) is 310 Å². The fourth-order valence-electron chi connectivity index (χ4n) is 10.3. The van der Waals surface area contributed by atoms with E-state index < -0.39 is 0 Å². The first-order valence-corrected chi connectivity index (χ1v) is 28.9. The van der Waals surface area contributed by atoms with Gasteiger partial charge in [0.2, 0.25) is 0 Å². The molecule has 0 aromatic carbocycles. The van der Waals surface area contributed by atoms with Crippen LogP contribution in [0.1, 0.15) is 301 Å². The van der Waals surface area contributed by atoms with Gasteiger partial charge >= 0.3 is 0 Å². The lowest BCUT2D eigenvalue weighted by atomic mass is 10.0. The van der Waals surface area contributed by atoms with Crippen LogP contribution in [0.25, 0.3) is 0 Å². The minimum absolute atomic E-state index is 0.241. The molecule has 3 rings (SSSR count). The monoisotopic (exact) mass is 890 g/mol. The van der Waals surface area contributed by atoms with Crippen molar-refractivity contribution in [1.82, 2.24) is 14.5 Å². The molecule has 0 amide bonds. The molecule has 64 heavy (non-hydrogen) atoms. The van der Waals surface area contributed by atoms with Crippen molar-refractivity contribution in [1.29, 1.82) is 0 Å². The van der Waals surface area contributed by atoms with Crippen LogP contribution in [0.4, 0.5) is 0 Å². The Morgan fingerprint density at radius 1 is 0.391 bits per heavy atom. The Hall–Kier alpha value is -2.37. The van der Waals surface area contributed by atoms with E-state index >= 15 is 0 Å². The molecule has 6 heteroatoms. The number of nitrogens with one attached hydrogen (secondary N) is 2. The predicted octanol–water partition coefficient (Wildman–Crippen LogP) is 16.6. The first kappa shape index (κ1) is 56.0. The number of aryl methyl sites for hydroxylation is 4. The summed E-state index contributed by atoms with van der Waals surface area (Å²) in [5.74, 6) is 4.38. The first-order valence-electron chi connectivity index (χ1n) is 28.9. The fourth-order valence-corrected chi connectivity index (χ4v) is 10.3. The summed E-state index contributed by atoms with van der Waals surface area (Å²) in [7, 11) is 2.26. The molecule has 0 fully saturated rings. The lowest BCUT2D eigenvalue weighted by Gasteiger charge is -2.12. The second-order valence-corrected chi connectivity index (χ2v) is 20.4. The number of imidazole rings is 3. The van der Waals surface area contributed by atoms with Crippen LogP contribution in [-0.4, -0.2) is 14.5 Å². The first-order chi connectivity index (χ1) is 31.7. The molecule has 1 unspecified atom stereocenters. The quantitative estimate of drug-likeness (QED) is 0.0419. The third-order valence-electron chi connectivity index (χ3n) is 14.6. The van der Waals surface area contributed by atoms with Crippen LogP contribution in [0, 0.1) is 0 Å². The molecule has 0 saturated heterocycles. The van der Waals surface area contributed by atoms with Crippen molar-refractivity contribution in [3.8, 4) is 0 Å². The van der Waals surface area contributed by atoms with E-state index in [1.54, 1.807) is 0 Å². The molecule has 0 aliphatic heterocycles. The average Bonchev–Trinajstić information content (AvgIpc) is 4.06. The fraction of sp³-hybridized carbons (Fsp3) is 0.845. The zero-order chi connectivity index (χ0) is 45.4. The van der Waals surface area contributed by atoms with Crippen LogP contribution < -0.4 is 13.7 Å². The van der Waals surface area contributed by atoms with Gasteiger partial charge in [-0.25, -0.2) is 28.2 Å². The number of hydrogen-bond donors (Lipinski definition) is 2. The number of rotatable bonds is 47. The summed E-state index contributed by atoms with van der Waals surface area (Å²) >= 11 is 0. The van der Waals surface area contributed by atoms with Gasteiger partial charge in [-0.15, -0.1) is 0 Å². The van der Waals surface area contributed by atoms with Crippen molar-refractivity contribution in [2.75, 3.05) is 0 Å². The molecule has 368 valence electrons. The minimum Gasteiger partial charge on any atom is -0.247 e. The molecular formula is C58H109N6+3. The van der Waals surface area contributed by atoms with E-state index in [4.69, 9.17) is 0 Å². The average molecular weight is 891 g/mol. The van der Waals surface area contributed by atoms with Gasteiger partial charge in [-0.05, 0) is 38.5 Å². The van der Waals surface area contributed by atoms with Gasteiger partial charge in [-0.2, -0.15) is 0 Å². The highest BCUT2D eigenvalue weighted by molar-refractivity contribution is 5.08. The Bertz CT molecular complexity index is 1430. The molecule has 0 bridgehead atoms. The van der Waals surface area contributed by atoms with E-state index in [0.717, 1.165) is 26.1 Å². The molecule has 0 saturated carbocycles. The topological polar surface area (TPSA) is 48.1 Å². The van der Waals surface area contributed by atoms with Crippen molar-refractivity contribution in [3.05, 3.63) is 54.7 Å². The highest BCUT2D eigenvalue weighted by atomic mass is 15.2. The standard InChI is InChI=1S/C58H107N6/c1-5-8-11-14-17-20-23-25-27-28-30-32-35-38-41-44-49-64-51-46-60-58(64)55(54-56-61(4)52-53-62(56)47-42-39-36-33-22-19-16-13-10-7-3)57-59-45-50-63(57)48-43-40-37-34-31-29-26-24-21-18-15-12-9-6-2/h45-46,50-53,55H,5-44,47-49,54H2,1-4H3/q+1/p+2. The lowest BCUT2D eigenvalue weighted by molar-refractivity contribution is -0.718. The second-order valence-electron chi connectivity index (χ2n) is 20.4. The second kappa shape index (κ2) is 39.8. The third-order valence-corrected chi connectivity index (χ3v) is 14.6. The maximum atomic E-state index is 3.80. The molecule has 3 aromatic rings. The molecule has 0 aliphatic rings. The molecule has 3 aromatic heterocycles. The third kappa shape index (κ3) is 26.1. The van der Waals surface area contributed by atoms with Gasteiger partial charge in [0.25, 0.3) is 17.5 Å². The van der Waals surface area contributed by atoms with Gasteiger partial charge in [0.05, 0.1) is 33.1 Å². The van der Waals surface area contributed by atoms with Gasteiger partial charge in [0.1, 0.15) is 37.2 Å². The van der Waals surface area contributed by atoms with Crippen molar-refractivity contribution in [2.24, 2.45) is 7.05 Å². The van der Waals surface area contributed by atoms with Crippen LogP contribution >= 0.6 is 0 Å². The zero-order valence-electron chi connectivity index (χ0n) is 43.4. The molecule has 0 radical (unpaired) electrons. The Kier molecular flexibility index (Phi) is 34.8. The minimum atomic E-state index is 0.241. The van der Waals surface area contributed by atoms with Gasteiger partial charge in [0, 0.05) is 0 Å². The highest BCUT2D eigenvalue weighted by Crippen LogP contribution is 2.23. The Morgan fingerprint density at radius 2 is 0.688 bits per heavy atom. The van der Waals surface area contributed by atoms with E-state index in [0.29, 0.717) is 0 Å². The van der Waals surface area contributed by atoms with E-state index in [1.807, 2.05) is 0 Å². The Labute approximate surface area is 398 Å². The largest absolute Gasteiger partial charge is 0.270 e. The molecule has 0 aliphatic carbocycles.